The van der Waals surface area contributed by atoms with E-state index < -0.39 is 22.8 Å². The Labute approximate surface area is 96.4 Å². The van der Waals surface area contributed by atoms with Crippen molar-refractivity contribution in [2.75, 3.05) is 0 Å². The van der Waals surface area contributed by atoms with Crippen LogP contribution in [0.15, 0.2) is 0 Å². The van der Waals surface area contributed by atoms with Crippen molar-refractivity contribution < 1.29 is 19.5 Å². The average molecular weight is 244 g/mol. The molecule has 2 N–H and O–H groups in total. The summed E-state index contributed by atoms with van der Waals surface area (Å²) in [6, 6.07) is -1.40. The number of β-lactam (4-membered cyclic amide) rings is 1. The number of carbonyl (C=O) groups excluding carboxylic acids is 2. The summed E-state index contributed by atoms with van der Waals surface area (Å²) in [5.41, 5.74) is 0. The standard InChI is InChI=1S/C9H12N2O4S/c1-9(2)5(8(14)15)11-6(13)4(10-3-12)7(11)16-9/h3-5,7H,1-2H3,(H,10,12)(H,14,15)/t4-,5-,7+/m1/s1. The van der Waals surface area contributed by atoms with Gasteiger partial charge in [-0.1, -0.05) is 0 Å². The Balaban J connectivity index is 2.24. The fraction of sp³-hybridized carbons (Fsp3) is 0.667. The van der Waals surface area contributed by atoms with Crippen molar-refractivity contribution in [1.82, 2.24) is 10.2 Å². The van der Waals surface area contributed by atoms with Crippen molar-refractivity contribution >= 4 is 30.0 Å². The molecule has 88 valence electrons. The van der Waals surface area contributed by atoms with Crippen LogP contribution in [0, 0.1) is 0 Å². The van der Waals surface area contributed by atoms with E-state index in [-0.39, 0.29) is 11.3 Å². The number of fused-ring (bicyclic) bond motifs is 1. The van der Waals surface area contributed by atoms with E-state index in [2.05, 4.69) is 5.32 Å². The molecule has 2 aliphatic heterocycles. The number of hydrogen-bond acceptors (Lipinski definition) is 4. The molecule has 2 saturated heterocycles. The SMILES string of the molecule is CC1(C)S[C@H]2[C@H](NC=O)C(=O)N2[C@@H]1C(=O)O. The lowest BCUT2D eigenvalue weighted by Crippen LogP contribution is -2.69. The second-order valence-electron chi connectivity index (χ2n) is 4.36. The maximum Gasteiger partial charge on any atom is 0.327 e. The Kier molecular flexibility index (Phi) is 2.37. The average Bonchev–Trinajstić information content (AvgIpc) is 2.43. The van der Waals surface area contributed by atoms with Crippen molar-refractivity contribution in [1.29, 1.82) is 0 Å². The smallest absolute Gasteiger partial charge is 0.327 e. The number of hydrogen-bond donors (Lipinski definition) is 2. The van der Waals surface area contributed by atoms with E-state index in [4.69, 9.17) is 5.11 Å². The zero-order valence-electron chi connectivity index (χ0n) is 8.84. The molecule has 2 fully saturated rings. The van der Waals surface area contributed by atoms with Crippen LogP contribution in [-0.4, -0.2) is 50.5 Å². The first-order valence-corrected chi connectivity index (χ1v) is 5.70. The van der Waals surface area contributed by atoms with E-state index in [0.717, 1.165) is 0 Å². The summed E-state index contributed by atoms with van der Waals surface area (Å²) in [7, 11) is 0. The number of carboxylic acids is 1. The van der Waals surface area contributed by atoms with Crippen molar-refractivity contribution in [3.63, 3.8) is 0 Å². The van der Waals surface area contributed by atoms with E-state index in [1.807, 2.05) is 0 Å². The van der Waals surface area contributed by atoms with Crippen LogP contribution in [0.3, 0.4) is 0 Å². The van der Waals surface area contributed by atoms with Gasteiger partial charge in [-0.05, 0) is 13.8 Å². The second kappa shape index (κ2) is 3.38. The van der Waals surface area contributed by atoms with Gasteiger partial charge in [0.15, 0.2) is 0 Å². The molecular formula is C9H12N2O4S. The lowest BCUT2D eigenvalue weighted by atomic mass is 9.96. The van der Waals surface area contributed by atoms with E-state index >= 15 is 0 Å². The molecule has 0 radical (unpaired) electrons. The van der Waals surface area contributed by atoms with Crippen molar-refractivity contribution in [3.05, 3.63) is 0 Å². The predicted octanol–water partition coefficient (Wildman–Crippen LogP) is -0.752. The lowest BCUT2D eigenvalue weighted by molar-refractivity contribution is -0.160. The molecule has 0 aromatic rings. The first-order valence-electron chi connectivity index (χ1n) is 4.82. The minimum atomic E-state index is -1.00. The maximum atomic E-state index is 11.7. The third kappa shape index (κ3) is 1.31. The number of nitrogens with zero attached hydrogens (tertiary/aromatic N) is 1. The molecule has 0 saturated carbocycles. The van der Waals surface area contributed by atoms with Crippen LogP contribution >= 0.6 is 11.8 Å². The Morgan fingerprint density at radius 3 is 2.75 bits per heavy atom. The van der Waals surface area contributed by atoms with Crippen LogP contribution in [-0.2, 0) is 14.4 Å². The van der Waals surface area contributed by atoms with Crippen molar-refractivity contribution in [2.24, 2.45) is 0 Å². The number of rotatable bonds is 3. The molecule has 0 aromatic heterocycles. The largest absolute Gasteiger partial charge is 0.480 e. The number of aliphatic carboxylic acids is 1. The van der Waals surface area contributed by atoms with Gasteiger partial charge in [-0.25, -0.2) is 4.79 Å². The minimum absolute atomic E-state index is 0.256. The van der Waals surface area contributed by atoms with Gasteiger partial charge >= 0.3 is 5.97 Å². The summed E-state index contributed by atoms with van der Waals surface area (Å²) < 4.78 is -0.536. The number of thioether (sulfide) groups is 1. The maximum absolute atomic E-state index is 11.7. The number of nitrogens with one attached hydrogen (secondary N) is 1. The van der Waals surface area contributed by atoms with Gasteiger partial charge in [0.05, 0.1) is 0 Å². The molecule has 3 atom stereocenters. The van der Waals surface area contributed by atoms with Crippen LogP contribution in [0.25, 0.3) is 0 Å². The van der Waals surface area contributed by atoms with Gasteiger partial charge in [0, 0.05) is 4.75 Å². The van der Waals surface area contributed by atoms with Gasteiger partial charge in [-0.3, -0.25) is 9.59 Å². The van der Waals surface area contributed by atoms with Crippen LogP contribution in [0.2, 0.25) is 0 Å². The monoisotopic (exact) mass is 244 g/mol. The van der Waals surface area contributed by atoms with Gasteiger partial charge in [0.1, 0.15) is 17.5 Å². The molecule has 16 heavy (non-hydrogen) atoms. The summed E-state index contributed by atoms with van der Waals surface area (Å²) >= 11 is 1.41. The van der Waals surface area contributed by atoms with Gasteiger partial charge in [-0.2, -0.15) is 0 Å². The highest BCUT2D eigenvalue weighted by atomic mass is 32.2. The summed E-state index contributed by atoms with van der Waals surface area (Å²) in [4.78, 5) is 34.4. The highest BCUT2D eigenvalue weighted by Gasteiger charge is 2.63. The number of carbonyl (C=O) groups is 3. The van der Waals surface area contributed by atoms with E-state index in [9.17, 15) is 14.4 Å². The van der Waals surface area contributed by atoms with E-state index in [1.165, 1.54) is 16.7 Å². The van der Waals surface area contributed by atoms with Gasteiger partial charge in [-0.15, -0.1) is 11.8 Å². The quantitative estimate of drug-likeness (QED) is 0.504. The van der Waals surface area contributed by atoms with Crippen molar-refractivity contribution in [2.45, 2.75) is 36.1 Å². The molecule has 0 spiro atoms. The summed E-state index contributed by atoms with van der Waals surface area (Å²) in [5, 5.41) is 11.3. The molecule has 0 aliphatic carbocycles. The van der Waals surface area contributed by atoms with Crippen LogP contribution < -0.4 is 5.32 Å². The summed E-state index contributed by atoms with van der Waals surface area (Å²) in [6.07, 6.45) is 0.474. The minimum Gasteiger partial charge on any atom is -0.480 e. The lowest BCUT2D eigenvalue weighted by Gasteiger charge is -2.42. The Morgan fingerprint density at radius 1 is 1.62 bits per heavy atom. The second-order valence-corrected chi connectivity index (χ2v) is 6.13. The normalized spacial score (nSPS) is 35.2. The molecular weight excluding hydrogens is 232 g/mol. The van der Waals surface area contributed by atoms with Crippen molar-refractivity contribution in [3.8, 4) is 0 Å². The zero-order valence-corrected chi connectivity index (χ0v) is 9.65. The number of carboxylic acid groups (broad SMARTS) is 1. The Hall–Kier alpha value is -1.24. The fourth-order valence-electron chi connectivity index (χ4n) is 2.24. The molecule has 0 unspecified atom stereocenters. The first-order chi connectivity index (χ1) is 7.40. The molecule has 2 heterocycles. The predicted molar refractivity (Wildman–Crippen MR) is 56.7 cm³/mol. The molecule has 2 aliphatic rings. The van der Waals surface area contributed by atoms with Crippen LogP contribution in [0.4, 0.5) is 0 Å². The van der Waals surface area contributed by atoms with Gasteiger partial charge in [0.25, 0.3) is 0 Å². The van der Waals surface area contributed by atoms with E-state index in [1.54, 1.807) is 13.8 Å². The Morgan fingerprint density at radius 2 is 2.25 bits per heavy atom. The molecule has 0 bridgehead atoms. The fourth-order valence-corrected chi connectivity index (χ4v) is 3.88. The third-order valence-corrected chi connectivity index (χ3v) is 4.49. The molecule has 7 heteroatoms. The van der Waals surface area contributed by atoms with Crippen LogP contribution in [0.1, 0.15) is 13.8 Å². The Bertz CT molecular complexity index is 371. The third-order valence-electron chi connectivity index (χ3n) is 2.92. The zero-order chi connectivity index (χ0) is 12.1. The van der Waals surface area contributed by atoms with Gasteiger partial charge < -0.3 is 15.3 Å². The molecule has 2 amide bonds. The van der Waals surface area contributed by atoms with E-state index in [0.29, 0.717) is 6.41 Å². The van der Waals surface area contributed by atoms with Gasteiger partial charge in [0.2, 0.25) is 12.3 Å². The molecule has 0 aromatic carbocycles. The highest BCUT2D eigenvalue weighted by molar-refractivity contribution is 8.01. The molecule has 6 nitrogen and oxygen atoms in total. The van der Waals surface area contributed by atoms with Crippen LogP contribution in [0.5, 0.6) is 0 Å². The molecule has 2 rings (SSSR count). The first kappa shape index (κ1) is 11.3. The summed E-state index contributed by atoms with van der Waals surface area (Å²) in [5.74, 6) is -1.32. The highest BCUT2D eigenvalue weighted by Crippen LogP contribution is 2.50. The topological polar surface area (TPSA) is 86.7 Å². The number of amides is 2. The summed E-state index contributed by atoms with van der Waals surface area (Å²) in [6.45, 7) is 3.58.